The van der Waals surface area contributed by atoms with Crippen LogP contribution in [0.2, 0.25) is 0 Å². The molecule has 282 valence electrons. The number of rotatable bonds is 7. The van der Waals surface area contributed by atoms with Gasteiger partial charge in [0.1, 0.15) is 24.0 Å². The van der Waals surface area contributed by atoms with Gasteiger partial charge in [-0.3, -0.25) is 4.57 Å². The predicted molar refractivity (Wildman–Crippen MR) is 241 cm³/mol. The molecule has 0 amide bonds. The fourth-order valence-corrected chi connectivity index (χ4v) is 8.09. The fraction of sp³-hybridized carbons (Fsp3) is 0.113. The lowest BCUT2D eigenvalue weighted by molar-refractivity contribution is 0.483. The van der Waals surface area contributed by atoms with Crippen LogP contribution >= 0.6 is 0 Å². The number of aromatic nitrogens is 2. The third-order valence-corrected chi connectivity index (χ3v) is 10.8. The second kappa shape index (κ2) is 14.1. The highest BCUT2D eigenvalue weighted by Gasteiger charge is 2.31. The Morgan fingerprint density at radius 1 is 0.621 bits per heavy atom. The lowest BCUT2D eigenvalue weighted by Crippen LogP contribution is -2.25. The van der Waals surface area contributed by atoms with E-state index in [2.05, 4.69) is 59.8 Å². The summed E-state index contributed by atoms with van der Waals surface area (Å²) in [4.78, 5) is 8.96. The molecule has 0 radical (unpaired) electrons. The molecule has 0 saturated carbocycles. The van der Waals surface area contributed by atoms with Crippen LogP contribution in [0.5, 0.6) is 11.5 Å². The normalized spacial score (nSPS) is 14.9. The zero-order valence-electron chi connectivity index (χ0n) is 40.3. The van der Waals surface area contributed by atoms with Crippen LogP contribution in [0.15, 0.2) is 182 Å². The first-order chi connectivity index (χ1) is 31.6. The maximum absolute atomic E-state index is 9.08. The minimum atomic E-state index is -2.29. The van der Waals surface area contributed by atoms with Crippen molar-refractivity contribution in [1.29, 1.82) is 0 Å². The van der Waals surface area contributed by atoms with Crippen molar-refractivity contribution in [3.8, 4) is 39.6 Å². The maximum atomic E-state index is 9.08. The Labute approximate surface area is 351 Å². The minimum Gasteiger partial charge on any atom is -0.457 e. The van der Waals surface area contributed by atoms with Gasteiger partial charge in [-0.1, -0.05) is 130 Å². The van der Waals surface area contributed by atoms with Crippen LogP contribution in [0.1, 0.15) is 42.9 Å². The molecule has 0 aliphatic carbocycles. The number of para-hydroxylation sites is 4. The van der Waals surface area contributed by atoms with Gasteiger partial charge in [-0.2, -0.15) is 0 Å². The molecule has 5 heteroatoms. The Morgan fingerprint density at radius 3 is 2.17 bits per heavy atom. The molecule has 0 atom stereocenters. The van der Waals surface area contributed by atoms with Crippen molar-refractivity contribution in [1.82, 2.24) is 9.55 Å². The molecule has 58 heavy (non-hydrogen) atoms. The topological polar surface area (TPSA) is 33.5 Å². The molecule has 7 aromatic carbocycles. The largest absolute Gasteiger partial charge is 0.457 e. The van der Waals surface area contributed by atoms with Crippen LogP contribution in [-0.4, -0.2) is 16.2 Å². The van der Waals surface area contributed by atoms with E-state index in [1.165, 1.54) is 12.3 Å². The average Bonchev–Trinajstić information content (AvgIpc) is 3.86. The van der Waals surface area contributed by atoms with Gasteiger partial charge in [0, 0.05) is 50.0 Å². The van der Waals surface area contributed by atoms with Crippen molar-refractivity contribution >= 4 is 44.6 Å². The molecule has 1 aliphatic rings. The predicted octanol–water partition coefficient (Wildman–Crippen LogP) is 14.2. The van der Waals surface area contributed by atoms with Crippen molar-refractivity contribution < 1.29 is 15.7 Å². The zero-order valence-corrected chi connectivity index (χ0v) is 32.3. The van der Waals surface area contributed by atoms with Gasteiger partial charge >= 0.3 is 0 Å². The lowest BCUT2D eigenvalue weighted by atomic mass is 9.85. The van der Waals surface area contributed by atoms with E-state index in [4.69, 9.17) is 15.7 Å². The number of anilines is 4. The van der Waals surface area contributed by atoms with Gasteiger partial charge < -0.3 is 14.5 Å². The number of ether oxygens (including phenoxy) is 1. The summed E-state index contributed by atoms with van der Waals surface area (Å²) in [6.45, 7) is 4.54. The van der Waals surface area contributed by atoms with Crippen LogP contribution < -0.4 is 14.5 Å². The molecule has 0 bridgehead atoms. The number of nitrogens with zero attached hydrogens (tertiary/aromatic N) is 4. The van der Waals surface area contributed by atoms with Gasteiger partial charge in [0.15, 0.2) is 0 Å². The first-order valence-electron chi connectivity index (χ1n) is 23.3. The maximum Gasteiger partial charge on any atom is 0.137 e. The second-order valence-corrected chi connectivity index (χ2v) is 15.6. The summed E-state index contributed by atoms with van der Waals surface area (Å²) in [7, 11) is 0. The molecule has 0 unspecified atom stereocenters. The Hall–Kier alpha value is -7.11. The Bertz CT molecular complexity index is 3360. The van der Waals surface area contributed by atoms with Gasteiger partial charge in [-0.25, -0.2) is 4.98 Å². The quantitative estimate of drug-likeness (QED) is 0.162. The molecule has 0 fully saturated rings. The summed E-state index contributed by atoms with van der Waals surface area (Å²) in [5.74, 6) is 1.66. The summed E-state index contributed by atoms with van der Waals surface area (Å²) in [6, 6.07) is 45.3. The molecule has 0 N–H and O–H groups in total. The van der Waals surface area contributed by atoms with E-state index in [1.807, 2.05) is 114 Å². The number of aryl methyl sites for hydroxylation is 1. The summed E-state index contributed by atoms with van der Waals surface area (Å²) < 4.78 is 76.5. The van der Waals surface area contributed by atoms with Gasteiger partial charge in [0.2, 0.25) is 0 Å². The van der Waals surface area contributed by atoms with Crippen molar-refractivity contribution in [2.45, 2.75) is 33.0 Å². The summed E-state index contributed by atoms with van der Waals surface area (Å²) >= 11 is 0. The summed E-state index contributed by atoms with van der Waals surface area (Å²) in [5.41, 5.74) is 8.70. The highest BCUT2D eigenvalue weighted by molar-refractivity contribution is 6.09. The van der Waals surface area contributed by atoms with E-state index in [0.717, 1.165) is 55.6 Å². The molecule has 9 aromatic rings. The number of fused-ring (bicyclic) bond motifs is 4. The van der Waals surface area contributed by atoms with Crippen LogP contribution in [0.4, 0.5) is 22.7 Å². The molecular weight excluding hydrogens is 709 g/mol. The van der Waals surface area contributed by atoms with Gasteiger partial charge in [-0.05, 0) is 89.1 Å². The highest BCUT2D eigenvalue weighted by atomic mass is 16.5. The molecule has 0 saturated heterocycles. The van der Waals surface area contributed by atoms with Crippen LogP contribution in [0, 0.1) is 6.85 Å². The Morgan fingerprint density at radius 2 is 1.34 bits per heavy atom. The van der Waals surface area contributed by atoms with E-state index in [0.29, 0.717) is 35.2 Å². The average molecular weight is 761 g/mol. The standard InChI is InChI=1S/C53H44N4O/c1-36-29-30-54-51(31-36)57-47-24-9-8-21-45(47)46-28-27-42(34-50(46)57)58-41-20-13-19-40(33-41)55-35-56(49-26-11-10-25-48(49)55)52-43(37-15-6-5-7-16-37)22-14-23-44(52)38-17-12-18-39(32-38)53(2,3)4/h5-34H,35H2,1-4H3/i1D3,5D,6D,7D,15D,16D. The molecule has 1 aliphatic heterocycles. The lowest BCUT2D eigenvalue weighted by Gasteiger charge is -2.28. The van der Waals surface area contributed by atoms with Crippen molar-refractivity contribution in [2.24, 2.45) is 0 Å². The number of benzene rings is 7. The monoisotopic (exact) mass is 760 g/mol. The SMILES string of the molecule is [2H]c1c([2H])c([2H])c(-c2cccc(-c3cccc(C(C)(C)C)c3)c2N2CN(c3cccc(Oc4ccc5c6ccccc6n(-c6cc(C([2H])([2H])[2H])ccn6)c5c4)c3)c3ccccc32)c([2H])c1[2H]. The van der Waals surface area contributed by atoms with Gasteiger partial charge in [-0.15, -0.1) is 0 Å². The molecular formula is C53H44N4O. The van der Waals surface area contributed by atoms with Crippen molar-refractivity contribution in [3.63, 3.8) is 0 Å². The number of pyridine rings is 1. The highest BCUT2D eigenvalue weighted by Crippen LogP contribution is 2.50. The van der Waals surface area contributed by atoms with E-state index >= 15 is 0 Å². The van der Waals surface area contributed by atoms with E-state index in [9.17, 15) is 0 Å². The Balaban J connectivity index is 1.07. The van der Waals surface area contributed by atoms with Gasteiger partial charge in [0.05, 0.1) is 34.9 Å². The van der Waals surface area contributed by atoms with Crippen LogP contribution in [0.25, 0.3) is 49.9 Å². The van der Waals surface area contributed by atoms with Crippen molar-refractivity contribution in [2.75, 3.05) is 16.5 Å². The first-order valence-corrected chi connectivity index (χ1v) is 19.3. The third kappa shape index (κ3) is 6.25. The minimum absolute atomic E-state index is 0.132. The van der Waals surface area contributed by atoms with E-state index in [1.54, 1.807) is 6.07 Å². The number of hydrogen-bond donors (Lipinski definition) is 0. The third-order valence-electron chi connectivity index (χ3n) is 10.8. The molecule has 5 nitrogen and oxygen atoms in total. The van der Waals surface area contributed by atoms with Crippen molar-refractivity contribution in [3.05, 3.63) is 193 Å². The van der Waals surface area contributed by atoms with Gasteiger partial charge in [0.25, 0.3) is 0 Å². The zero-order chi connectivity index (χ0) is 46.2. The van der Waals surface area contributed by atoms with Crippen LogP contribution in [0.3, 0.4) is 0 Å². The van der Waals surface area contributed by atoms with E-state index in [-0.39, 0.29) is 28.6 Å². The molecule has 3 heterocycles. The van der Waals surface area contributed by atoms with E-state index < -0.39 is 25.0 Å². The molecule has 0 spiro atoms. The summed E-state index contributed by atoms with van der Waals surface area (Å²) in [5, 5.41) is 1.97. The molecule has 2 aromatic heterocycles. The smallest absolute Gasteiger partial charge is 0.137 e. The Kier molecular flexibility index (Phi) is 6.69. The van der Waals surface area contributed by atoms with Crippen LogP contribution in [-0.2, 0) is 5.41 Å². The second-order valence-electron chi connectivity index (χ2n) is 15.6. The fourth-order valence-electron chi connectivity index (χ4n) is 8.09. The number of hydrogen-bond acceptors (Lipinski definition) is 4. The first kappa shape index (κ1) is 27.5. The molecule has 10 rings (SSSR count). The summed E-state index contributed by atoms with van der Waals surface area (Å²) in [6.07, 6.45) is 1.53.